The van der Waals surface area contributed by atoms with Crippen molar-refractivity contribution in [1.29, 1.82) is 0 Å². The van der Waals surface area contributed by atoms with E-state index in [0.717, 1.165) is 42.0 Å². The van der Waals surface area contributed by atoms with E-state index in [1.165, 1.54) is 24.8 Å². The van der Waals surface area contributed by atoms with Crippen LogP contribution in [0, 0.1) is 0 Å². The summed E-state index contributed by atoms with van der Waals surface area (Å²) in [5, 5.41) is 0. The average Bonchev–Trinajstić information content (AvgIpc) is 2.79. The predicted octanol–water partition coefficient (Wildman–Crippen LogP) is 2.66. The van der Waals surface area contributed by atoms with Crippen LogP contribution in [0.3, 0.4) is 0 Å². The molecular weight excluding hydrogens is 262 g/mol. The molecule has 0 radical (unpaired) electrons. The minimum Gasteiger partial charge on any atom is -0.308 e. The van der Waals surface area contributed by atoms with E-state index in [4.69, 9.17) is 10.8 Å². The number of nitrogens with two attached hydrogens (primary N) is 1. The number of aryl methyl sites for hydroxylation is 2. The van der Waals surface area contributed by atoms with E-state index in [1.54, 1.807) is 6.20 Å². The third kappa shape index (κ3) is 2.74. The van der Waals surface area contributed by atoms with Gasteiger partial charge in [-0.2, -0.15) is 0 Å². The first kappa shape index (κ1) is 13.9. The van der Waals surface area contributed by atoms with Crippen LogP contribution in [0.1, 0.15) is 43.0 Å². The summed E-state index contributed by atoms with van der Waals surface area (Å²) in [6.07, 6.45) is 8.28. The lowest BCUT2D eigenvalue weighted by molar-refractivity contribution is 0.709. The topological polar surface area (TPSA) is 76.7 Å². The molecule has 0 saturated carbocycles. The molecule has 2 aromatic rings. The van der Waals surface area contributed by atoms with Crippen LogP contribution in [0.5, 0.6) is 0 Å². The van der Waals surface area contributed by atoms with E-state index < -0.39 is 0 Å². The maximum Gasteiger partial charge on any atom is 0.180 e. The monoisotopic (exact) mass is 283 g/mol. The summed E-state index contributed by atoms with van der Waals surface area (Å²) in [4.78, 5) is 13.9. The van der Waals surface area contributed by atoms with Gasteiger partial charge in [-0.3, -0.25) is 4.98 Å². The molecule has 0 atom stereocenters. The lowest BCUT2D eigenvalue weighted by Gasteiger charge is -2.13. The lowest BCUT2D eigenvalue weighted by Crippen LogP contribution is -2.15. The van der Waals surface area contributed by atoms with Crippen LogP contribution in [0.15, 0.2) is 18.3 Å². The number of nitrogens with zero attached hydrogens (tertiary/aromatic N) is 3. The van der Waals surface area contributed by atoms with Crippen molar-refractivity contribution in [3.05, 3.63) is 35.2 Å². The third-order valence-corrected chi connectivity index (χ3v) is 4.05. The van der Waals surface area contributed by atoms with Gasteiger partial charge in [-0.1, -0.05) is 19.4 Å². The number of aromatic nitrogens is 3. The molecular formula is C16H21N5. The Morgan fingerprint density at radius 1 is 1.19 bits per heavy atom. The quantitative estimate of drug-likeness (QED) is 0.514. The molecule has 0 unspecified atom stereocenters. The van der Waals surface area contributed by atoms with Gasteiger partial charge in [0.1, 0.15) is 11.5 Å². The average molecular weight is 283 g/mol. The molecule has 0 aliphatic heterocycles. The molecule has 110 valence electrons. The second-order valence-electron chi connectivity index (χ2n) is 5.39. The van der Waals surface area contributed by atoms with E-state index in [9.17, 15) is 0 Å². The normalized spacial score (nSPS) is 14.4. The van der Waals surface area contributed by atoms with Crippen molar-refractivity contribution in [2.75, 3.05) is 5.43 Å². The number of anilines is 1. The third-order valence-electron chi connectivity index (χ3n) is 4.05. The first-order chi connectivity index (χ1) is 10.3. The maximum atomic E-state index is 5.68. The minimum absolute atomic E-state index is 0.682. The Balaban J connectivity index is 2.13. The molecule has 0 amide bonds. The minimum atomic E-state index is 0.682. The number of nitrogen functional groups attached to an aromatic ring is 1. The molecule has 0 fully saturated rings. The first-order valence-corrected chi connectivity index (χ1v) is 7.64. The first-order valence-electron chi connectivity index (χ1n) is 7.64. The molecule has 3 N–H and O–H groups in total. The zero-order chi connectivity index (χ0) is 14.7. The van der Waals surface area contributed by atoms with E-state index >= 15 is 0 Å². The van der Waals surface area contributed by atoms with Gasteiger partial charge in [0.15, 0.2) is 5.82 Å². The summed E-state index contributed by atoms with van der Waals surface area (Å²) in [5.41, 5.74) is 7.07. The molecule has 2 aromatic heterocycles. The molecule has 21 heavy (non-hydrogen) atoms. The van der Waals surface area contributed by atoms with Crippen LogP contribution in [0.4, 0.5) is 5.82 Å². The summed E-state index contributed by atoms with van der Waals surface area (Å²) in [6.45, 7) is 2.12. The SMILES string of the molecule is CCc1cccnc1-c1nc2c(c(NN)n1)CCCCC2. The molecule has 0 spiro atoms. The van der Waals surface area contributed by atoms with Crippen LogP contribution >= 0.6 is 0 Å². The van der Waals surface area contributed by atoms with Gasteiger partial charge in [-0.05, 0) is 43.7 Å². The molecule has 0 bridgehead atoms. The summed E-state index contributed by atoms with van der Waals surface area (Å²) in [5.74, 6) is 7.12. The highest BCUT2D eigenvalue weighted by atomic mass is 15.3. The Morgan fingerprint density at radius 3 is 2.86 bits per heavy atom. The fourth-order valence-electron chi connectivity index (χ4n) is 2.92. The highest BCUT2D eigenvalue weighted by Crippen LogP contribution is 2.28. The summed E-state index contributed by atoms with van der Waals surface area (Å²) in [6, 6.07) is 4.03. The largest absolute Gasteiger partial charge is 0.308 e. The van der Waals surface area contributed by atoms with Gasteiger partial charge in [0.05, 0.1) is 0 Å². The molecule has 1 aliphatic rings. The maximum absolute atomic E-state index is 5.68. The van der Waals surface area contributed by atoms with Crippen molar-refractivity contribution in [2.24, 2.45) is 5.84 Å². The molecule has 2 heterocycles. The second-order valence-corrected chi connectivity index (χ2v) is 5.39. The number of rotatable bonds is 3. The standard InChI is InChI=1S/C16H21N5/c1-2-11-7-6-10-18-14(11)16-19-13-9-5-3-4-8-12(13)15(20-16)21-17/h6-7,10H,2-5,8-9,17H2,1H3,(H,19,20,21). The summed E-state index contributed by atoms with van der Waals surface area (Å²) >= 11 is 0. The predicted molar refractivity (Wildman–Crippen MR) is 83.7 cm³/mol. The fraction of sp³-hybridized carbons (Fsp3) is 0.438. The summed E-state index contributed by atoms with van der Waals surface area (Å²) < 4.78 is 0. The van der Waals surface area contributed by atoms with Gasteiger partial charge in [0, 0.05) is 17.5 Å². The molecule has 5 nitrogen and oxygen atoms in total. The number of fused-ring (bicyclic) bond motifs is 1. The zero-order valence-electron chi connectivity index (χ0n) is 12.4. The Hall–Kier alpha value is -2.01. The Bertz CT molecular complexity index is 639. The highest BCUT2D eigenvalue weighted by molar-refractivity contribution is 5.59. The van der Waals surface area contributed by atoms with Crippen molar-refractivity contribution >= 4 is 5.82 Å². The number of hydrogen-bond donors (Lipinski definition) is 2. The zero-order valence-corrected chi connectivity index (χ0v) is 12.4. The van der Waals surface area contributed by atoms with E-state index in [-0.39, 0.29) is 0 Å². The fourth-order valence-corrected chi connectivity index (χ4v) is 2.92. The molecule has 0 aromatic carbocycles. The number of pyridine rings is 1. The highest BCUT2D eigenvalue weighted by Gasteiger charge is 2.18. The molecule has 3 rings (SSSR count). The number of hydrazine groups is 1. The van der Waals surface area contributed by atoms with Gasteiger partial charge in [0.25, 0.3) is 0 Å². The van der Waals surface area contributed by atoms with Gasteiger partial charge in [-0.15, -0.1) is 0 Å². The van der Waals surface area contributed by atoms with E-state index in [1.807, 2.05) is 6.07 Å². The van der Waals surface area contributed by atoms with Gasteiger partial charge < -0.3 is 5.43 Å². The Morgan fingerprint density at radius 2 is 2.05 bits per heavy atom. The molecule has 1 aliphatic carbocycles. The molecule has 0 saturated heterocycles. The van der Waals surface area contributed by atoms with Crippen LogP contribution in [-0.4, -0.2) is 15.0 Å². The van der Waals surface area contributed by atoms with E-state index in [0.29, 0.717) is 5.82 Å². The molecule has 5 heteroatoms. The van der Waals surface area contributed by atoms with Crippen LogP contribution in [0.25, 0.3) is 11.5 Å². The van der Waals surface area contributed by atoms with Crippen molar-refractivity contribution < 1.29 is 0 Å². The van der Waals surface area contributed by atoms with Crippen LogP contribution in [0.2, 0.25) is 0 Å². The van der Waals surface area contributed by atoms with Crippen molar-refractivity contribution in [1.82, 2.24) is 15.0 Å². The number of nitrogens with one attached hydrogen (secondary N) is 1. The van der Waals surface area contributed by atoms with Crippen molar-refractivity contribution in [3.63, 3.8) is 0 Å². The van der Waals surface area contributed by atoms with E-state index in [2.05, 4.69) is 28.4 Å². The van der Waals surface area contributed by atoms with Crippen molar-refractivity contribution in [3.8, 4) is 11.5 Å². The number of hydrogen-bond acceptors (Lipinski definition) is 5. The lowest BCUT2D eigenvalue weighted by atomic mass is 10.1. The van der Waals surface area contributed by atoms with Gasteiger partial charge in [0.2, 0.25) is 0 Å². The van der Waals surface area contributed by atoms with Gasteiger partial charge in [-0.25, -0.2) is 15.8 Å². The summed E-state index contributed by atoms with van der Waals surface area (Å²) in [7, 11) is 0. The Kier molecular flexibility index (Phi) is 4.10. The van der Waals surface area contributed by atoms with Crippen molar-refractivity contribution in [2.45, 2.75) is 45.4 Å². The van der Waals surface area contributed by atoms with Crippen LogP contribution < -0.4 is 11.3 Å². The van der Waals surface area contributed by atoms with Gasteiger partial charge >= 0.3 is 0 Å². The van der Waals surface area contributed by atoms with Crippen LogP contribution in [-0.2, 0) is 19.3 Å². The smallest absolute Gasteiger partial charge is 0.180 e. The Labute approximate surface area is 125 Å². The second kappa shape index (κ2) is 6.18.